The van der Waals surface area contributed by atoms with Crippen LogP contribution < -0.4 is 5.32 Å². The van der Waals surface area contributed by atoms with Crippen molar-refractivity contribution in [1.82, 2.24) is 5.32 Å². The molecule has 0 bridgehead atoms. The summed E-state index contributed by atoms with van der Waals surface area (Å²) in [7, 11) is -3.46. The van der Waals surface area contributed by atoms with Crippen molar-refractivity contribution in [2.75, 3.05) is 12.3 Å². The van der Waals surface area contributed by atoms with Gasteiger partial charge in [-0.2, -0.15) is 0 Å². The molecule has 128 valence electrons. The third kappa shape index (κ3) is 6.40. The lowest BCUT2D eigenvalue weighted by Gasteiger charge is -2.10. The first-order valence-electron chi connectivity index (χ1n) is 7.70. The lowest BCUT2D eigenvalue weighted by atomic mass is 10.2. The fraction of sp³-hybridized carbons (Fsp3) is 0.500. The summed E-state index contributed by atoms with van der Waals surface area (Å²) < 4.78 is 24.4. The second-order valence-corrected chi connectivity index (χ2v) is 7.35. The minimum atomic E-state index is -3.46. The topological polar surface area (TPSA) is 101 Å². The van der Waals surface area contributed by atoms with Gasteiger partial charge in [-0.15, -0.1) is 0 Å². The number of carboxylic acids is 1. The molecule has 0 radical (unpaired) electrons. The molecule has 0 unspecified atom stereocenters. The number of hydrogen-bond acceptors (Lipinski definition) is 4. The second-order valence-electron chi connectivity index (χ2n) is 5.28. The number of sulfone groups is 1. The number of rotatable bonds is 10. The van der Waals surface area contributed by atoms with Crippen LogP contribution in [0.25, 0.3) is 0 Å². The summed E-state index contributed by atoms with van der Waals surface area (Å²) in [5, 5.41) is 11.2. The Morgan fingerprint density at radius 3 is 2.48 bits per heavy atom. The number of benzene rings is 1. The maximum atomic E-state index is 12.2. The molecule has 0 saturated carbocycles. The zero-order valence-corrected chi connectivity index (χ0v) is 14.1. The zero-order chi connectivity index (χ0) is 17.3. The Labute approximate surface area is 136 Å². The van der Waals surface area contributed by atoms with Crippen LogP contribution in [0.15, 0.2) is 29.2 Å². The zero-order valence-electron chi connectivity index (χ0n) is 13.2. The summed E-state index contributed by atoms with van der Waals surface area (Å²) >= 11 is 0. The normalized spacial score (nSPS) is 11.2. The standard InChI is InChI=1S/C16H23NO5S/c1-2-12-23(21,22)14-9-6-5-8-13(14)16(20)17-11-7-3-4-10-15(18)19/h5-6,8-9H,2-4,7,10-12H2,1H3,(H,17,20)(H,18,19). The number of unbranched alkanes of at least 4 members (excludes halogenated alkanes) is 2. The van der Waals surface area contributed by atoms with E-state index in [1.165, 1.54) is 12.1 Å². The number of carboxylic acid groups (broad SMARTS) is 1. The van der Waals surface area contributed by atoms with Crippen LogP contribution in [0.2, 0.25) is 0 Å². The van der Waals surface area contributed by atoms with Crippen LogP contribution in [0.5, 0.6) is 0 Å². The molecule has 0 aliphatic heterocycles. The average molecular weight is 341 g/mol. The number of amides is 1. The number of carbonyl (C=O) groups is 2. The van der Waals surface area contributed by atoms with Crippen LogP contribution in [0.3, 0.4) is 0 Å². The molecule has 2 N–H and O–H groups in total. The lowest BCUT2D eigenvalue weighted by Crippen LogP contribution is -2.26. The van der Waals surface area contributed by atoms with Gasteiger partial charge in [0.05, 0.1) is 16.2 Å². The summed E-state index contributed by atoms with van der Waals surface area (Å²) in [5.74, 6) is -1.24. The number of carbonyl (C=O) groups excluding carboxylic acids is 1. The summed E-state index contributed by atoms with van der Waals surface area (Å²) in [6, 6.07) is 6.19. The predicted molar refractivity (Wildman–Crippen MR) is 87.2 cm³/mol. The predicted octanol–water partition coefficient (Wildman–Crippen LogP) is 2.25. The van der Waals surface area contributed by atoms with Crippen LogP contribution in [-0.4, -0.2) is 37.7 Å². The molecule has 0 fully saturated rings. The van der Waals surface area contributed by atoms with Gasteiger partial charge in [0.1, 0.15) is 0 Å². The molecule has 1 aromatic rings. The summed E-state index contributed by atoms with van der Waals surface area (Å²) in [4.78, 5) is 22.6. The molecule has 1 amide bonds. The summed E-state index contributed by atoms with van der Waals surface area (Å²) in [6.45, 7) is 2.16. The monoisotopic (exact) mass is 341 g/mol. The van der Waals surface area contributed by atoms with Gasteiger partial charge in [0, 0.05) is 13.0 Å². The van der Waals surface area contributed by atoms with Crippen molar-refractivity contribution in [1.29, 1.82) is 0 Å². The Morgan fingerprint density at radius 1 is 1.13 bits per heavy atom. The van der Waals surface area contributed by atoms with Gasteiger partial charge in [0.15, 0.2) is 9.84 Å². The van der Waals surface area contributed by atoms with Crippen LogP contribution in [-0.2, 0) is 14.6 Å². The Balaban J connectivity index is 2.62. The first-order chi connectivity index (χ1) is 10.9. The SMILES string of the molecule is CCCS(=O)(=O)c1ccccc1C(=O)NCCCCCC(=O)O. The highest BCUT2D eigenvalue weighted by Gasteiger charge is 2.20. The van der Waals surface area contributed by atoms with Gasteiger partial charge in [-0.3, -0.25) is 9.59 Å². The van der Waals surface area contributed by atoms with E-state index in [-0.39, 0.29) is 22.6 Å². The first-order valence-corrected chi connectivity index (χ1v) is 9.35. The van der Waals surface area contributed by atoms with E-state index in [1.54, 1.807) is 19.1 Å². The van der Waals surface area contributed by atoms with E-state index >= 15 is 0 Å². The summed E-state index contributed by atoms with van der Waals surface area (Å²) in [6.07, 6.45) is 2.52. The van der Waals surface area contributed by atoms with Gasteiger partial charge in [0.2, 0.25) is 0 Å². The van der Waals surface area contributed by atoms with E-state index in [9.17, 15) is 18.0 Å². The second kappa shape index (κ2) is 9.29. The molecule has 0 spiro atoms. The highest BCUT2D eigenvalue weighted by atomic mass is 32.2. The van der Waals surface area contributed by atoms with Gasteiger partial charge in [-0.25, -0.2) is 8.42 Å². The molecule has 0 atom stereocenters. The van der Waals surface area contributed by atoms with Crippen molar-refractivity contribution in [3.8, 4) is 0 Å². The molecule has 0 aliphatic carbocycles. The van der Waals surface area contributed by atoms with Gasteiger partial charge in [-0.05, 0) is 31.4 Å². The Morgan fingerprint density at radius 2 is 1.83 bits per heavy atom. The molecule has 6 nitrogen and oxygen atoms in total. The molecule has 0 saturated heterocycles. The molecule has 23 heavy (non-hydrogen) atoms. The van der Waals surface area contributed by atoms with Crippen LogP contribution >= 0.6 is 0 Å². The van der Waals surface area contributed by atoms with Crippen molar-refractivity contribution >= 4 is 21.7 Å². The van der Waals surface area contributed by atoms with Gasteiger partial charge >= 0.3 is 5.97 Å². The van der Waals surface area contributed by atoms with Crippen molar-refractivity contribution in [2.45, 2.75) is 43.9 Å². The highest BCUT2D eigenvalue weighted by molar-refractivity contribution is 7.91. The van der Waals surface area contributed by atoms with E-state index in [2.05, 4.69) is 5.32 Å². The van der Waals surface area contributed by atoms with E-state index < -0.39 is 21.7 Å². The molecule has 0 heterocycles. The maximum absolute atomic E-state index is 12.2. The number of aliphatic carboxylic acids is 1. The van der Waals surface area contributed by atoms with Crippen molar-refractivity contribution in [3.05, 3.63) is 29.8 Å². The van der Waals surface area contributed by atoms with E-state index in [0.717, 1.165) is 0 Å². The fourth-order valence-corrected chi connectivity index (χ4v) is 3.72. The quantitative estimate of drug-likeness (QED) is 0.636. The minimum absolute atomic E-state index is 0.00643. The van der Waals surface area contributed by atoms with Crippen LogP contribution in [0.1, 0.15) is 49.4 Å². The Hall–Kier alpha value is -1.89. The van der Waals surface area contributed by atoms with Gasteiger partial charge in [-0.1, -0.05) is 25.5 Å². The minimum Gasteiger partial charge on any atom is -0.481 e. The third-order valence-corrected chi connectivity index (χ3v) is 5.26. The Bertz CT molecular complexity index is 640. The molecular formula is C16H23NO5S. The van der Waals surface area contributed by atoms with Gasteiger partial charge < -0.3 is 10.4 Å². The first kappa shape index (κ1) is 19.2. The fourth-order valence-electron chi connectivity index (χ4n) is 2.18. The molecule has 0 aromatic heterocycles. The number of nitrogens with one attached hydrogen (secondary N) is 1. The van der Waals surface area contributed by atoms with Gasteiger partial charge in [0.25, 0.3) is 5.91 Å². The maximum Gasteiger partial charge on any atom is 0.303 e. The van der Waals surface area contributed by atoms with Crippen molar-refractivity contribution in [2.24, 2.45) is 0 Å². The third-order valence-electron chi connectivity index (χ3n) is 3.29. The molecule has 7 heteroatoms. The van der Waals surface area contributed by atoms with Crippen LogP contribution in [0, 0.1) is 0 Å². The van der Waals surface area contributed by atoms with E-state index in [1.807, 2.05) is 0 Å². The van der Waals surface area contributed by atoms with E-state index in [4.69, 9.17) is 5.11 Å². The van der Waals surface area contributed by atoms with Crippen molar-refractivity contribution < 1.29 is 23.1 Å². The van der Waals surface area contributed by atoms with Crippen molar-refractivity contribution in [3.63, 3.8) is 0 Å². The average Bonchev–Trinajstić information content (AvgIpc) is 2.50. The molecule has 1 aromatic carbocycles. The molecular weight excluding hydrogens is 318 g/mol. The lowest BCUT2D eigenvalue weighted by molar-refractivity contribution is -0.137. The Kier molecular flexibility index (Phi) is 7.74. The molecule has 0 aliphatic rings. The summed E-state index contributed by atoms with van der Waals surface area (Å²) in [5.41, 5.74) is 0.159. The van der Waals surface area contributed by atoms with Crippen LogP contribution in [0.4, 0.5) is 0 Å². The van der Waals surface area contributed by atoms with E-state index in [0.29, 0.717) is 32.2 Å². The molecule has 1 rings (SSSR count). The number of hydrogen-bond donors (Lipinski definition) is 2. The highest BCUT2D eigenvalue weighted by Crippen LogP contribution is 2.17. The smallest absolute Gasteiger partial charge is 0.303 e. The largest absolute Gasteiger partial charge is 0.481 e.